The fourth-order valence-electron chi connectivity index (χ4n) is 1.88. The van der Waals surface area contributed by atoms with Crippen molar-refractivity contribution in [2.24, 2.45) is 5.84 Å². The van der Waals surface area contributed by atoms with Crippen molar-refractivity contribution in [3.8, 4) is 0 Å². The van der Waals surface area contributed by atoms with Gasteiger partial charge in [-0.05, 0) is 48.4 Å². The van der Waals surface area contributed by atoms with Crippen LogP contribution < -0.4 is 11.3 Å². The molecule has 0 amide bonds. The van der Waals surface area contributed by atoms with Crippen molar-refractivity contribution in [2.75, 3.05) is 5.75 Å². The molecule has 0 saturated heterocycles. The highest BCUT2D eigenvalue weighted by Crippen LogP contribution is 2.24. The molecule has 0 heterocycles. The summed E-state index contributed by atoms with van der Waals surface area (Å²) in [5, 5.41) is 1.25. The van der Waals surface area contributed by atoms with Crippen LogP contribution in [0.25, 0.3) is 0 Å². The molecule has 21 heavy (non-hydrogen) atoms. The zero-order chi connectivity index (χ0) is 15.2. The SMILES string of the molecule is NNC(CSc1cccc(Cl)c1)Cc1cc(F)ccc1Cl. The van der Waals surface area contributed by atoms with Gasteiger partial charge in [0.25, 0.3) is 0 Å². The minimum absolute atomic E-state index is 0.0201. The van der Waals surface area contributed by atoms with Gasteiger partial charge in [-0.25, -0.2) is 4.39 Å². The van der Waals surface area contributed by atoms with Gasteiger partial charge in [0, 0.05) is 26.7 Å². The zero-order valence-corrected chi connectivity index (χ0v) is 13.5. The lowest BCUT2D eigenvalue weighted by atomic mass is 10.1. The molecule has 0 aliphatic rings. The Morgan fingerprint density at radius 2 is 2.00 bits per heavy atom. The number of rotatable bonds is 6. The number of nitrogens with two attached hydrogens (primary N) is 1. The molecule has 0 fully saturated rings. The predicted octanol–water partition coefficient (Wildman–Crippen LogP) is 4.30. The van der Waals surface area contributed by atoms with Crippen LogP contribution in [0, 0.1) is 5.82 Å². The van der Waals surface area contributed by atoms with E-state index in [4.69, 9.17) is 29.0 Å². The number of hydrogen-bond donors (Lipinski definition) is 2. The van der Waals surface area contributed by atoms with Gasteiger partial charge in [0.05, 0.1) is 0 Å². The van der Waals surface area contributed by atoms with Gasteiger partial charge in [-0.1, -0.05) is 29.3 Å². The molecule has 0 aromatic heterocycles. The Bertz CT molecular complexity index is 610. The third-order valence-electron chi connectivity index (χ3n) is 2.96. The lowest BCUT2D eigenvalue weighted by molar-refractivity contribution is 0.570. The van der Waals surface area contributed by atoms with Crippen LogP contribution in [0.1, 0.15) is 5.56 Å². The summed E-state index contributed by atoms with van der Waals surface area (Å²) < 4.78 is 13.3. The number of halogens is 3. The first-order valence-corrected chi connectivity index (χ1v) is 8.11. The van der Waals surface area contributed by atoms with Crippen molar-refractivity contribution in [1.29, 1.82) is 0 Å². The average molecular weight is 345 g/mol. The first-order chi connectivity index (χ1) is 10.1. The lowest BCUT2D eigenvalue weighted by Gasteiger charge is -2.16. The number of nitrogens with one attached hydrogen (secondary N) is 1. The van der Waals surface area contributed by atoms with Crippen LogP contribution in [0.3, 0.4) is 0 Å². The van der Waals surface area contributed by atoms with Crippen molar-refractivity contribution in [1.82, 2.24) is 5.43 Å². The topological polar surface area (TPSA) is 38.0 Å². The highest BCUT2D eigenvalue weighted by molar-refractivity contribution is 7.99. The van der Waals surface area contributed by atoms with Crippen LogP contribution in [-0.2, 0) is 6.42 Å². The van der Waals surface area contributed by atoms with Crippen molar-refractivity contribution in [3.05, 3.63) is 63.9 Å². The minimum Gasteiger partial charge on any atom is -0.271 e. The summed E-state index contributed by atoms with van der Waals surface area (Å²) in [4.78, 5) is 1.06. The minimum atomic E-state index is -0.298. The Morgan fingerprint density at radius 3 is 2.71 bits per heavy atom. The van der Waals surface area contributed by atoms with Crippen molar-refractivity contribution < 1.29 is 4.39 Å². The molecule has 2 aromatic rings. The quantitative estimate of drug-likeness (QED) is 0.466. The smallest absolute Gasteiger partial charge is 0.123 e. The predicted molar refractivity (Wildman–Crippen MR) is 88.4 cm³/mol. The molecule has 112 valence electrons. The maximum absolute atomic E-state index is 13.3. The second-order valence-electron chi connectivity index (χ2n) is 4.57. The second-order valence-corrected chi connectivity index (χ2v) is 6.51. The Balaban J connectivity index is 1.98. The monoisotopic (exact) mass is 344 g/mol. The summed E-state index contributed by atoms with van der Waals surface area (Å²) >= 11 is 13.7. The van der Waals surface area contributed by atoms with Gasteiger partial charge in [0.2, 0.25) is 0 Å². The maximum Gasteiger partial charge on any atom is 0.123 e. The molecule has 0 aliphatic heterocycles. The second kappa shape index (κ2) is 8.01. The molecule has 0 aliphatic carbocycles. The van der Waals surface area contributed by atoms with Crippen LogP contribution in [0.5, 0.6) is 0 Å². The number of hydrogen-bond acceptors (Lipinski definition) is 3. The lowest BCUT2D eigenvalue weighted by Crippen LogP contribution is -2.38. The first-order valence-electron chi connectivity index (χ1n) is 6.37. The average Bonchev–Trinajstić information content (AvgIpc) is 2.47. The number of hydrazine groups is 1. The van der Waals surface area contributed by atoms with E-state index in [1.165, 1.54) is 12.1 Å². The highest BCUT2D eigenvalue weighted by Gasteiger charge is 2.12. The molecular formula is C15H15Cl2FN2S. The van der Waals surface area contributed by atoms with E-state index in [-0.39, 0.29) is 11.9 Å². The largest absolute Gasteiger partial charge is 0.271 e. The standard InChI is InChI=1S/C15H15Cl2FN2S/c16-11-2-1-3-14(8-11)21-9-13(20-19)7-10-6-12(18)4-5-15(10)17/h1-6,8,13,20H,7,9,19H2. The van der Waals surface area contributed by atoms with Gasteiger partial charge in [-0.15, -0.1) is 11.8 Å². The fraction of sp³-hybridized carbons (Fsp3) is 0.200. The van der Waals surface area contributed by atoms with E-state index >= 15 is 0 Å². The van der Waals surface area contributed by atoms with Gasteiger partial charge in [0.1, 0.15) is 5.82 Å². The van der Waals surface area contributed by atoms with Gasteiger partial charge in [-0.2, -0.15) is 0 Å². The maximum atomic E-state index is 13.3. The van der Waals surface area contributed by atoms with E-state index in [2.05, 4.69) is 5.43 Å². The summed E-state index contributed by atoms with van der Waals surface area (Å²) in [5.74, 6) is 6.00. The van der Waals surface area contributed by atoms with Crippen molar-refractivity contribution in [3.63, 3.8) is 0 Å². The summed E-state index contributed by atoms with van der Waals surface area (Å²) in [6, 6.07) is 11.9. The molecule has 1 atom stereocenters. The van der Waals surface area contributed by atoms with E-state index in [0.29, 0.717) is 16.5 Å². The normalized spacial score (nSPS) is 12.4. The third-order valence-corrected chi connectivity index (χ3v) is 4.72. The molecule has 3 N–H and O–H groups in total. The van der Waals surface area contributed by atoms with E-state index in [1.54, 1.807) is 17.8 Å². The Kier molecular flexibility index (Phi) is 6.33. The van der Waals surface area contributed by atoms with Crippen molar-refractivity contribution in [2.45, 2.75) is 17.4 Å². The summed E-state index contributed by atoms with van der Waals surface area (Å²) in [6.07, 6.45) is 0.556. The number of thioether (sulfide) groups is 1. The fourth-order valence-corrected chi connectivity index (χ4v) is 3.33. The molecule has 0 saturated carbocycles. The van der Waals surface area contributed by atoms with Gasteiger partial charge >= 0.3 is 0 Å². The molecule has 0 spiro atoms. The highest BCUT2D eigenvalue weighted by atomic mass is 35.5. The summed E-state index contributed by atoms with van der Waals surface area (Å²) in [7, 11) is 0. The molecular weight excluding hydrogens is 330 g/mol. The summed E-state index contributed by atoms with van der Waals surface area (Å²) in [6.45, 7) is 0. The van der Waals surface area contributed by atoms with Crippen molar-refractivity contribution >= 4 is 35.0 Å². The van der Waals surface area contributed by atoms with E-state index in [9.17, 15) is 4.39 Å². The number of benzene rings is 2. The van der Waals surface area contributed by atoms with E-state index in [1.807, 2.05) is 24.3 Å². The molecule has 1 unspecified atom stereocenters. The van der Waals surface area contributed by atoms with E-state index in [0.717, 1.165) is 16.2 Å². The van der Waals surface area contributed by atoms with E-state index < -0.39 is 0 Å². The molecule has 0 radical (unpaired) electrons. The van der Waals surface area contributed by atoms with Crippen LogP contribution in [0.15, 0.2) is 47.4 Å². The molecule has 0 bridgehead atoms. The van der Waals surface area contributed by atoms with Gasteiger partial charge in [-0.3, -0.25) is 11.3 Å². The first kappa shape index (κ1) is 16.6. The molecule has 6 heteroatoms. The van der Waals surface area contributed by atoms with Crippen LogP contribution in [-0.4, -0.2) is 11.8 Å². The third kappa shape index (κ3) is 5.16. The van der Waals surface area contributed by atoms with Crippen LogP contribution in [0.4, 0.5) is 4.39 Å². The van der Waals surface area contributed by atoms with Gasteiger partial charge in [0.15, 0.2) is 0 Å². The Morgan fingerprint density at radius 1 is 1.19 bits per heavy atom. The van der Waals surface area contributed by atoms with Crippen LogP contribution in [0.2, 0.25) is 10.0 Å². The van der Waals surface area contributed by atoms with Crippen LogP contribution >= 0.6 is 35.0 Å². The summed E-state index contributed by atoms with van der Waals surface area (Å²) in [5.41, 5.74) is 3.49. The zero-order valence-electron chi connectivity index (χ0n) is 11.2. The molecule has 2 aromatic carbocycles. The Hall–Kier alpha value is -0.780. The Labute approximate surface area is 137 Å². The molecule has 2 rings (SSSR count). The van der Waals surface area contributed by atoms with Gasteiger partial charge < -0.3 is 0 Å². The molecule has 2 nitrogen and oxygen atoms in total.